The second-order valence-electron chi connectivity index (χ2n) is 5.10. The van der Waals surface area contributed by atoms with Crippen molar-refractivity contribution >= 4 is 11.6 Å². The minimum absolute atomic E-state index is 0.152. The molecule has 20 heavy (non-hydrogen) atoms. The first-order valence-electron chi connectivity index (χ1n) is 7.01. The number of ether oxygens (including phenoxy) is 2. The number of anilines is 1. The van der Waals surface area contributed by atoms with Crippen molar-refractivity contribution in [2.75, 3.05) is 18.5 Å². The maximum absolute atomic E-state index is 12.0. The van der Waals surface area contributed by atoms with Crippen LogP contribution in [0, 0.1) is 5.92 Å². The second kappa shape index (κ2) is 6.83. The molecule has 3 N–H and O–H groups in total. The van der Waals surface area contributed by atoms with E-state index >= 15 is 0 Å². The van der Waals surface area contributed by atoms with Gasteiger partial charge in [0.2, 0.25) is 5.91 Å². The molecule has 0 radical (unpaired) electrons. The Balaban J connectivity index is 1.94. The molecule has 110 valence electrons. The van der Waals surface area contributed by atoms with Crippen LogP contribution in [0.3, 0.4) is 0 Å². The van der Waals surface area contributed by atoms with Gasteiger partial charge in [0.1, 0.15) is 0 Å². The van der Waals surface area contributed by atoms with Crippen molar-refractivity contribution in [3.63, 3.8) is 0 Å². The zero-order valence-electron chi connectivity index (χ0n) is 12.0. The molecule has 0 unspecified atom stereocenters. The van der Waals surface area contributed by atoms with E-state index in [1.807, 2.05) is 38.1 Å². The van der Waals surface area contributed by atoms with Crippen LogP contribution in [0.5, 0.6) is 0 Å². The highest BCUT2D eigenvalue weighted by molar-refractivity contribution is 5.94. The molecule has 0 aliphatic carbocycles. The van der Waals surface area contributed by atoms with Crippen LogP contribution in [0.4, 0.5) is 5.69 Å². The highest BCUT2D eigenvalue weighted by atomic mass is 16.7. The maximum atomic E-state index is 12.0. The Morgan fingerprint density at radius 3 is 2.50 bits per heavy atom. The SMILES string of the molecule is CC[C@H](C)[C@H](N)C(=O)Nc1ccc(C2OCCO2)cc1. The Bertz CT molecular complexity index is 441. The number of carbonyl (C=O) groups excluding carboxylic acids is 1. The lowest BCUT2D eigenvalue weighted by molar-refractivity contribution is -0.118. The zero-order valence-corrected chi connectivity index (χ0v) is 12.0. The van der Waals surface area contributed by atoms with Crippen LogP contribution in [-0.2, 0) is 14.3 Å². The molecule has 1 fully saturated rings. The van der Waals surface area contributed by atoms with Crippen molar-refractivity contribution in [1.29, 1.82) is 0 Å². The average molecular weight is 278 g/mol. The van der Waals surface area contributed by atoms with Crippen LogP contribution in [0.1, 0.15) is 32.1 Å². The number of nitrogens with two attached hydrogens (primary N) is 1. The van der Waals surface area contributed by atoms with E-state index < -0.39 is 6.04 Å². The lowest BCUT2D eigenvalue weighted by Crippen LogP contribution is -2.40. The first-order chi connectivity index (χ1) is 9.61. The molecule has 1 aliphatic rings. The van der Waals surface area contributed by atoms with Gasteiger partial charge >= 0.3 is 0 Å². The number of rotatable bonds is 5. The number of hydrogen-bond acceptors (Lipinski definition) is 4. The summed E-state index contributed by atoms with van der Waals surface area (Å²) >= 11 is 0. The van der Waals surface area contributed by atoms with Crippen LogP contribution < -0.4 is 11.1 Å². The molecule has 5 nitrogen and oxygen atoms in total. The van der Waals surface area contributed by atoms with Gasteiger partial charge in [-0.15, -0.1) is 0 Å². The van der Waals surface area contributed by atoms with Gasteiger partial charge in [0, 0.05) is 11.3 Å². The summed E-state index contributed by atoms with van der Waals surface area (Å²) in [7, 11) is 0. The number of benzene rings is 1. The Kier molecular flexibility index (Phi) is 5.11. The summed E-state index contributed by atoms with van der Waals surface area (Å²) in [4.78, 5) is 12.0. The lowest BCUT2D eigenvalue weighted by Gasteiger charge is -2.18. The van der Waals surface area contributed by atoms with Gasteiger partial charge in [0.05, 0.1) is 19.3 Å². The third-order valence-electron chi connectivity index (χ3n) is 3.63. The molecule has 0 spiro atoms. The highest BCUT2D eigenvalue weighted by Gasteiger charge is 2.20. The van der Waals surface area contributed by atoms with Crippen LogP contribution in [0.25, 0.3) is 0 Å². The Morgan fingerprint density at radius 2 is 1.95 bits per heavy atom. The van der Waals surface area contributed by atoms with Crippen LogP contribution in [0.2, 0.25) is 0 Å². The summed E-state index contributed by atoms with van der Waals surface area (Å²) in [5.41, 5.74) is 7.58. The third kappa shape index (κ3) is 3.56. The Morgan fingerprint density at radius 1 is 1.35 bits per heavy atom. The summed E-state index contributed by atoms with van der Waals surface area (Å²) in [5, 5.41) is 2.83. The second-order valence-corrected chi connectivity index (χ2v) is 5.10. The molecule has 1 amide bonds. The summed E-state index contributed by atoms with van der Waals surface area (Å²) in [6, 6.07) is 6.96. The molecule has 1 aromatic carbocycles. The maximum Gasteiger partial charge on any atom is 0.241 e. The third-order valence-corrected chi connectivity index (χ3v) is 3.63. The molecule has 1 saturated heterocycles. The van der Waals surface area contributed by atoms with Crippen molar-refractivity contribution in [2.45, 2.75) is 32.6 Å². The first-order valence-corrected chi connectivity index (χ1v) is 7.01. The molecule has 1 heterocycles. The Labute approximate surface area is 119 Å². The average Bonchev–Trinajstić information content (AvgIpc) is 3.00. The predicted octanol–water partition coefficient (Wildman–Crippen LogP) is 2.04. The van der Waals surface area contributed by atoms with Crippen LogP contribution >= 0.6 is 0 Å². The van der Waals surface area contributed by atoms with Gasteiger partial charge in [-0.25, -0.2) is 0 Å². The molecule has 0 bridgehead atoms. The van der Waals surface area contributed by atoms with E-state index in [2.05, 4.69) is 5.32 Å². The molecule has 0 saturated carbocycles. The van der Waals surface area contributed by atoms with E-state index in [1.165, 1.54) is 0 Å². The number of carbonyl (C=O) groups is 1. The summed E-state index contributed by atoms with van der Waals surface area (Å²) in [6.07, 6.45) is 0.589. The van der Waals surface area contributed by atoms with Gasteiger partial charge in [0.25, 0.3) is 0 Å². The quantitative estimate of drug-likeness (QED) is 0.864. The monoisotopic (exact) mass is 278 g/mol. The molecule has 0 aromatic heterocycles. The smallest absolute Gasteiger partial charge is 0.241 e. The molecule has 1 aliphatic heterocycles. The van der Waals surface area contributed by atoms with Gasteiger partial charge in [-0.2, -0.15) is 0 Å². The van der Waals surface area contributed by atoms with Crippen molar-refractivity contribution in [3.8, 4) is 0 Å². The molecule has 1 aromatic rings. The minimum Gasteiger partial charge on any atom is -0.346 e. The van der Waals surface area contributed by atoms with Crippen molar-refractivity contribution < 1.29 is 14.3 Å². The highest BCUT2D eigenvalue weighted by Crippen LogP contribution is 2.24. The van der Waals surface area contributed by atoms with Gasteiger partial charge in [-0.05, 0) is 18.1 Å². The van der Waals surface area contributed by atoms with Crippen molar-refractivity contribution in [3.05, 3.63) is 29.8 Å². The molecular weight excluding hydrogens is 256 g/mol. The molecule has 2 atom stereocenters. The van der Waals surface area contributed by atoms with Gasteiger partial charge < -0.3 is 20.5 Å². The van der Waals surface area contributed by atoms with E-state index in [4.69, 9.17) is 15.2 Å². The first kappa shape index (κ1) is 15.0. The summed E-state index contributed by atoms with van der Waals surface area (Å²) in [5.74, 6) is 0.00929. The Hall–Kier alpha value is -1.43. The molecule has 2 rings (SSSR count). The summed E-state index contributed by atoms with van der Waals surface area (Å²) < 4.78 is 10.8. The zero-order chi connectivity index (χ0) is 14.5. The van der Waals surface area contributed by atoms with Gasteiger partial charge in [-0.3, -0.25) is 4.79 Å². The molecule has 5 heteroatoms. The van der Waals surface area contributed by atoms with E-state index in [-0.39, 0.29) is 18.1 Å². The predicted molar refractivity (Wildman–Crippen MR) is 77.1 cm³/mol. The fourth-order valence-electron chi connectivity index (χ4n) is 2.01. The van der Waals surface area contributed by atoms with Gasteiger partial charge in [0.15, 0.2) is 6.29 Å². The fourth-order valence-corrected chi connectivity index (χ4v) is 2.01. The molecular formula is C15H22N2O3. The van der Waals surface area contributed by atoms with E-state index in [0.717, 1.165) is 17.7 Å². The number of hydrogen-bond donors (Lipinski definition) is 2. The number of amides is 1. The summed E-state index contributed by atoms with van der Waals surface area (Å²) in [6.45, 7) is 5.23. The lowest BCUT2D eigenvalue weighted by atomic mass is 9.99. The topological polar surface area (TPSA) is 73.6 Å². The largest absolute Gasteiger partial charge is 0.346 e. The van der Waals surface area contributed by atoms with Gasteiger partial charge in [-0.1, -0.05) is 32.4 Å². The normalized spacial score (nSPS) is 18.8. The number of nitrogens with one attached hydrogen (secondary N) is 1. The van der Waals surface area contributed by atoms with E-state index in [0.29, 0.717) is 13.2 Å². The fraction of sp³-hybridized carbons (Fsp3) is 0.533. The van der Waals surface area contributed by atoms with E-state index in [1.54, 1.807) is 0 Å². The van der Waals surface area contributed by atoms with Crippen molar-refractivity contribution in [2.24, 2.45) is 11.7 Å². The van der Waals surface area contributed by atoms with Crippen LogP contribution in [0.15, 0.2) is 24.3 Å². The van der Waals surface area contributed by atoms with Crippen LogP contribution in [-0.4, -0.2) is 25.2 Å². The van der Waals surface area contributed by atoms with E-state index in [9.17, 15) is 4.79 Å². The standard InChI is InChI=1S/C15H22N2O3/c1-3-10(2)13(16)14(18)17-12-6-4-11(5-7-12)15-19-8-9-20-15/h4-7,10,13,15H,3,8-9,16H2,1-2H3,(H,17,18)/t10-,13-/m0/s1. The van der Waals surface area contributed by atoms with Crippen molar-refractivity contribution in [1.82, 2.24) is 0 Å². The minimum atomic E-state index is -0.485.